The molecule has 1 aliphatic heterocycles. The van der Waals surface area contributed by atoms with Crippen molar-refractivity contribution in [3.8, 4) is 0 Å². The number of halogens is 3. The van der Waals surface area contributed by atoms with E-state index in [0.29, 0.717) is 6.54 Å². The van der Waals surface area contributed by atoms with Gasteiger partial charge in [0.05, 0.1) is 18.3 Å². The normalized spacial score (nSPS) is 18.1. The average molecular weight is 353 g/mol. The Morgan fingerprint density at radius 3 is 2.88 bits per heavy atom. The van der Waals surface area contributed by atoms with E-state index in [-0.39, 0.29) is 29.8 Å². The Morgan fingerprint density at radius 1 is 1.36 bits per heavy atom. The Hall–Kier alpha value is -2.42. The lowest BCUT2D eigenvalue weighted by Gasteiger charge is -2.23. The first-order valence-electron chi connectivity index (χ1n) is 8.00. The average Bonchev–Trinajstić information content (AvgIpc) is 3.04. The number of hydrogen-bond acceptors (Lipinski definition) is 4. The molecule has 25 heavy (non-hydrogen) atoms. The van der Waals surface area contributed by atoms with Gasteiger partial charge in [0.1, 0.15) is 0 Å². The summed E-state index contributed by atoms with van der Waals surface area (Å²) in [5.41, 5.74) is -0.553. The van der Waals surface area contributed by atoms with Crippen LogP contribution in [0.4, 0.5) is 13.2 Å². The molecule has 2 heterocycles. The third-order valence-electron chi connectivity index (χ3n) is 4.06. The van der Waals surface area contributed by atoms with Gasteiger partial charge in [-0.25, -0.2) is 4.68 Å². The number of alkyl halides is 3. The molecule has 9 heteroatoms. The van der Waals surface area contributed by atoms with Gasteiger partial charge in [0, 0.05) is 12.6 Å². The second-order valence-corrected chi connectivity index (χ2v) is 5.97. The van der Waals surface area contributed by atoms with Gasteiger partial charge < -0.3 is 10.6 Å². The van der Waals surface area contributed by atoms with Crippen LogP contribution < -0.4 is 10.6 Å². The standard InChI is InChI=1S/C16H18F3N5O/c17-16(18,19)13-6-2-1-4-11(13)9-24-10-14(22-23-24)15(25)21-12-5-3-7-20-8-12/h1-2,4,6,10,12,20H,3,5,7-9H2,(H,21,25)/t12-/m0/s1. The zero-order chi connectivity index (χ0) is 17.9. The maximum absolute atomic E-state index is 13.0. The number of amides is 1. The van der Waals surface area contributed by atoms with Gasteiger partial charge in [-0.3, -0.25) is 4.79 Å². The van der Waals surface area contributed by atoms with Gasteiger partial charge in [-0.15, -0.1) is 5.10 Å². The van der Waals surface area contributed by atoms with Crippen molar-refractivity contribution in [1.29, 1.82) is 0 Å². The summed E-state index contributed by atoms with van der Waals surface area (Å²) in [4.78, 5) is 12.2. The third kappa shape index (κ3) is 4.36. The highest BCUT2D eigenvalue weighted by Crippen LogP contribution is 2.32. The fourth-order valence-corrected chi connectivity index (χ4v) is 2.82. The quantitative estimate of drug-likeness (QED) is 0.880. The Balaban J connectivity index is 1.69. The van der Waals surface area contributed by atoms with E-state index < -0.39 is 11.7 Å². The van der Waals surface area contributed by atoms with Crippen LogP contribution in [-0.4, -0.2) is 40.0 Å². The van der Waals surface area contributed by atoms with Crippen LogP contribution >= 0.6 is 0 Å². The molecule has 0 radical (unpaired) electrons. The van der Waals surface area contributed by atoms with Crippen molar-refractivity contribution in [2.24, 2.45) is 0 Å². The van der Waals surface area contributed by atoms with Crippen LogP contribution in [0.25, 0.3) is 0 Å². The van der Waals surface area contributed by atoms with Crippen molar-refractivity contribution in [3.63, 3.8) is 0 Å². The van der Waals surface area contributed by atoms with Gasteiger partial charge in [0.15, 0.2) is 5.69 Å². The molecule has 2 aromatic rings. The number of piperidine rings is 1. The molecule has 2 N–H and O–H groups in total. The summed E-state index contributed by atoms with van der Waals surface area (Å²) >= 11 is 0. The smallest absolute Gasteiger partial charge is 0.347 e. The number of rotatable bonds is 4. The topological polar surface area (TPSA) is 71.8 Å². The van der Waals surface area contributed by atoms with Crippen molar-refractivity contribution in [2.45, 2.75) is 31.6 Å². The first kappa shape index (κ1) is 17.4. The van der Waals surface area contributed by atoms with E-state index in [0.717, 1.165) is 25.5 Å². The summed E-state index contributed by atoms with van der Waals surface area (Å²) in [6, 6.07) is 5.31. The molecule has 1 saturated heterocycles. The van der Waals surface area contributed by atoms with E-state index in [1.54, 1.807) is 0 Å². The monoisotopic (exact) mass is 353 g/mol. The molecular weight excluding hydrogens is 335 g/mol. The molecule has 0 aliphatic carbocycles. The van der Waals surface area contributed by atoms with Crippen LogP contribution in [0, 0.1) is 0 Å². The molecule has 0 bridgehead atoms. The Bertz CT molecular complexity index is 737. The van der Waals surface area contributed by atoms with Crippen molar-refractivity contribution in [2.75, 3.05) is 13.1 Å². The molecule has 1 atom stereocenters. The summed E-state index contributed by atoms with van der Waals surface area (Å²) in [6.45, 7) is 1.51. The third-order valence-corrected chi connectivity index (χ3v) is 4.06. The molecule has 3 rings (SSSR count). The SMILES string of the molecule is O=C(N[C@H]1CCCNC1)c1cn(Cc2ccccc2C(F)(F)F)nn1. The molecule has 1 aromatic carbocycles. The van der Waals surface area contributed by atoms with Crippen LogP contribution in [0.3, 0.4) is 0 Å². The van der Waals surface area contributed by atoms with Gasteiger partial charge in [-0.2, -0.15) is 13.2 Å². The van der Waals surface area contributed by atoms with Gasteiger partial charge in [0.25, 0.3) is 5.91 Å². The molecular formula is C16H18F3N5O. The molecule has 1 aliphatic rings. The molecule has 134 valence electrons. The summed E-state index contributed by atoms with van der Waals surface area (Å²) in [5, 5.41) is 13.6. The van der Waals surface area contributed by atoms with E-state index in [1.807, 2.05) is 0 Å². The van der Waals surface area contributed by atoms with Crippen molar-refractivity contribution < 1.29 is 18.0 Å². The Morgan fingerprint density at radius 2 is 2.16 bits per heavy atom. The summed E-state index contributed by atoms with van der Waals surface area (Å²) < 4.78 is 40.3. The lowest BCUT2D eigenvalue weighted by atomic mass is 10.1. The highest BCUT2D eigenvalue weighted by molar-refractivity contribution is 5.92. The van der Waals surface area contributed by atoms with Crippen LogP contribution in [0.15, 0.2) is 30.5 Å². The Kier molecular flexibility index (Phi) is 5.03. The largest absolute Gasteiger partial charge is 0.416 e. The maximum atomic E-state index is 13.0. The van der Waals surface area contributed by atoms with E-state index >= 15 is 0 Å². The number of nitrogens with zero attached hydrogens (tertiary/aromatic N) is 3. The second-order valence-electron chi connectivity index (χ2n) is 5.97. The van der Waals surface area contributed by atoms with E-state index in [2.05, 4.69) is 20.9 Å². The Labute approximate surface area is 142 Å². The molecule has 1 aromatic heterocycles. The minimum atomic E-state index is -4.44. The van der Waals surface area contributed by atoms with Crippen molar-refractivity contribution in [1.82, 2.24) is 25.6 Å². The number of nitrogens with one attached hydrogen (secondary N) is 2. The van der Waals surface area contributed by atoms with Crippen LogP contribution in [0.2, 0.25) is 0 Å². The molecule has 0 spiro atoms. The van der Waals surface area contributed by atoms with Crippen LogP contribution in [0.5, 0.6) is 0 Å². The van der Waals surface area contributed by atoms with Crippen LogP contribution in [0.1, 0.15) is 34.5 Å². The fourth-order valence-electron chi connectivity index (χ4n) is 2.82. The number of benzene rings is 1. The summed E-state index contributed by atoms with van der Waals surface area (Å²) in [5.74, 6) is -0.371. The minimum absolute atomic E-state index is 0.0253. The van der Waals surface area contributed by atoms with E-state index in [9.17, 15) is 18.0 Å². The summed E-state index contributed by atoms with van der Waals surface area (Å²) in [7, 11) is 0. The molecule has 0 unspecified atom stereocenters. The maximum Gasteiger partial charge on any atom is 0.416 e. The van der Waals surface area contributed by atoms with Crippen molar-refractivity contribution in [3.05, 3.63) is 47.3 Å². The highest BCUT2D eigenvalue weighted by Gasteiger charge is 2.33. The van der Waals surface area contributed by atoms with Gasteiger partial charge in [-0.05, 0) is 31.0 Å². The lowest BCUT2D eigenvalue weighted by molar-refractivity contribution is -0.138. The van der Waals surface area contributed by atoms with E-state index in [4.69, 9.17) is 0 Å². The first-order chi connectivity index (χ1) is 11.9. The van der Waals surface area contributed by atoms with Crippen LogP contribution in [-0.2, 0) is 12.7 Å². The fraction of sp³-hybridized carbons (Fsp3) is 0.438. The molecule has 1 fully saturated rings. The predicted molar refractivity (Wildman–Crippen MR) is 83.9 cm³/mol. The first-order valence-corrected chi connectivity index (χ1v) is 8.00. The molecule has 6 nitrogen and oxygen atoms in total. The number of aromatic nitrogens is 3. The number of carbonyl (C=O) groups is 1. The van der Waals surface area contributed by atoms with Gasteiger partial charge in [-0.1, -0.05) is 23.4 Å². The predicted octanol–water partition coefficient (Wildman–Crippen LogP) is 1.83. The van der Waals surface area contributed by atoms with Gasteiger partial charge >= 0.3 is 6.18 Å². The molecule has 1 amide bonds. The minimum Gasteiger partial charge on any atom is -0.347 e. The lowest BCUT2D eigenvalue weighted by Crippen LogP contribution is -2.45. The highest BCUT2D eigenvalue weighted by atomic mass is 19.4. The summed E-state index contributed by atoms with van der Waals surface area (Å²) in [6.07, 6.45) is -1.22. The van der Waals surface area contributed by atoms with Gasteiger partial charge in [0.2, 0.25) is 0 Å². The van der Waals surface area contributed by atoms with Crippen molar-refractivity contribution >= 4 is 5.91 Å². The number of carbonyl (C=O) groups excluding carboxylic acids is 1. The van der Waals surface area contributed by atoms with E-state index in [1.165, 1.54) is 29.1 Å². The number of hydrogen-bond donors (Lipinski definition) is 2. The zero-order valence-corrected chi connectivity index (χ0v) is 13.4. The second kappa shape index (κ2) is 7.22. The zero-order valence-electron chi connectivity index (χ0n) is 13.4. The molecule has 0 saturated carbocycles.